The van der Waals surface area contributed by atoms with E-state index in [1.807, 2.05) is 11.7 Å². The summed E-state index contributed by atoms with van der Waals surface area (Å²) in [6, 6.07) is 8.54. The molecule has 0 saturated carbocycles. The molecule has 0 aliphatic carbocycles. The van der Waals surface area contributed by atoms with Gasteiger partial charge in [0.25, 0.3) is 0 Å². The zero-order chi connectivity index (χ0) is 12.8. The molecule has 96 valence electrons. The molecule has 0 radical (unpaired) electrons. The molecule has 0 saturated heterocycles. The second-order valence-electron chi connectivity index (χ2n) is 4.06. The molecule has 0 amide bonds. The Morgan fingerprint density at radius 1 is 1.28 bits per heavy atom. The lowest BCUT2D eigenvalue weighted by atomic mass is 10.2. The van der Waals surface area contributed by atoms with Crippen LogP contribution in [0.2, 0.25) is 0 Å². The molecule has 0 bridgehead atoms. The second kappa shape index (κ2) is 6.51. The van der Waals surface area contributed by atoms with Crippen molar-refractivity contribution in [1.82, 2.24) is 25.5 Å². The Kier molecular flexibility index (Phi) is 4.72. The van der Waals surface area contributed by atoms with Crippen molar-refractivity contribution in [2.45, 2.75) is 24.4 Å². The molecule has 0 unspecified atom stereocenters. The summed E-state index contributed by atoms with van der Waals surface area (Å²) in [5.41, 5.74) is 2.57. The lowest BCUT2D eigenvalue weighted by Crippen LogP contribution is -2.16. The Balaban J connectivity index is 1.93. The molecule has 0 spiro atoms. The number of benzene rings is 1. The average Bonchev–Trinajstić information content (AvgIpc) is 2.83. The standard InChI is InChI=1S/C12H17N5S/c1-10-3-5-11(6-4-10)9-18-12-14-15-16-17(12)8-7-13-2/h3-6,13H,7-9H2,1-2H3. The van der Waals surface area contributed by atoms with Crippen LogP contribution in [0.3, 0.4) is 0 Å². The van der Waals surface area contributed by atoms with Crippen molar-refractivity contribution >= 4 is 11.8 Å². The normalized spacial score (nSPS) is 10.8. The molecule has 0 aliphatic rings. The van der Waals surface area contributed by atoms with E-state index in [-0.39, 0.29) is 0 Å². The van der Waals surface area contributed by atoms with Gasteiger partial charge in [0.2, 0.25) is 5.16 Å². The fourth-order valence-electron chi connectivity index (χ4n) is 1.49. The summed E-state index contributed by atoms with van der Waals surface area (Å²) < 4.78 is 1.83. The molecule has 1 aromatic heterocycles. The van der Waals surface area contributed by atoms with Crippen LogP contribution in [0, 0.1) is 6.92 Å². The number of rotatable bonds is 6. The maximum atomic E-state index is 4.04. The minimum Gasteiger partial charge on any atom is -0.318 e. The molecule has 1 aromatic carbocycles. The number of likely N-dealkylation sites (N-methyl/N-ethyl adjacent to an activating group) is 1. The SMILES string of the molecule is CNCCn1nnnc1SCc1ccc(C)cc1. The van der Waals surface area contributed by atoms with Crippen LogP contribution < -0.4 is 5.32 Å². The van der Waals surface area contributed by atoms with E-state index in [2.05, 4.69) is 52.0 Å². The van der Waals surface area contributed by atoms with Crippen molar-refractivity contribution in [1.29, 1.82) is 0 Å². The van der Waals surface area contributed by atoms with Gasteiger partial charge in [0, 0.05) is 12.3 Å². The molecule has 0 fully saturated rings. The highest BCUT2D eigenvalue weighted by atomic mass is 32.2. The van der Waals surface area contributed by atoms with Gasteiger partial charge >= 0.3 is 0 Å². The average molecular weight is 263 g/mol. The van der Waals surface area contributed by atoms with Crippen LogP contribution >= 0.6 is 11.8 Å². The minimum atomic E-state index is 0.791. The number of nitrogens with one attached hydrogen (secondary N) is 1. The van der Waals surface area contributed by atoms with E-state index in [0.717, 1.165) is 24.0 Å². The van der Waals surface area contributed by atoms with E-state index in [9.17, 15) is 0 Å². The van der Waals surface area contributed by atoms with Crippen LogP contribution in [0.4, 0.5) is 0 Å². The Morgan fingerprint density at radius 2 is 2.06 bits per heavy atom. The van der Waals surface area contributed by atoms with Crippen LogP contribution in [0.15, 0.2) is 29.4 Å². The van der Waals surface area contributed by atoms with Crippen LogP contribution in [0.5, 0.6) is 0 Å². The molecule has 1 N–H and O–H groups in total. The van der Waals surface area contributed by atoms with Gasteiger partial charge in [-0.2, -0.15) is 0 Å². The summed E-state index contributed by atoms with van der Waals surface area (Å²) in [6.07, 6.45) is 0. The van der Waals surface area contributed by atoms with Crippen LogP contribution in [-0.4, -0.2) is 33.8 Å². The third-order valence-electron chi connectivity index (χ3n) is 2.56. The molecule has 1 heterocycles. The number of nitrogens with zero attached hydrogens (tertiary/aromatic N) is 4. The van der Waals surface area contributed by atoms with Crippen molar-refractivity contribution in [2.75, 3.05) is 13.6 Å². The van der Waals surface area contributed by atoms with E-state index in [0.29, 0.717) is 0 Å². The first kappa shape index (κ1) is 13.0. The summed E-state index contributed by atoms with van der Waals surface area (Å²) >= 11 is 1.66. The first-order valence-electron chi connectivity index (χ1n) is 5.88. The number of hydrogen-bond donors (Lipinski definition) is 1. The predicted molar refractivity (Wildman–Crippen MR) is 72.5 cm³/mol. The monoisotopic (exact) mass is 263 g/mol. The number of tetrazole rings is 1. The molecule has 18 heavy (non-hydrogen) atoms. The van der Waals surface area contributed by atoms with E-state index in [4.69, 9.17) is 0 Å². The van der Waals surface area contributed by atoms with Crippen LogP contribution in [0.1, 0.15) is 11.1 Å². The summed E-state index contributed by atoms with van der Waals surface area (Å²) in [4.78, 5) is 0. The van der Waals surface area contributed by atoms with E-state index >= 15 is 0 Å². The highest BCUT2D eigenvalue weighted by Crippen LogP contribution is 2.19. The van der Waals surface area contributed by atoms with Crippen molar-refractivity contribution in [2.24, 2.45) is 0 Å². The smallest absolute Gasteiger partial charge is 0.209 e. The Morgan fingerprint density at radius 3 is 2.78 bits per heavy atom. The molecule has 2 rings (SSSR count). The summed E-state index contributed by atoms with van der Waals surface area (Å²) in [7, 11) is 1.92. The minimum absolute atomic E-state index is 0.791. The molecule has 0 atom stereocenters. The zero-order valence-electron chi connectivity index (χ0n) is 10.6. The van der Waals surface area contributed by atoms with Crippen molar-refractivity contribution in [3.8, 4) is 0 Å². The van der Waals surface area contributed by atoms with Crippen molar-refractivity contribution in [3.63, 3.8) is 0 Å². The van der Waals surface area contributed by atoms with Gasteiger partial charge in [-0.1, -0.05) is 41.6 Å². The van der Waals surface area contributed by atoms with E-state index in [1.165, 1.54) is 11.1 Å². The highest BCUT2D eigenvalue weighted by molar-refractivity contribution is 7.98. The number of aromatic nitrogens is 4. The number of thioether (sulfide) groups is 1. The summed E-state index contributed by atoms with van der Waals surface area (Å²) in [5.74, 6) is 0.889. The maximum absolute atomic E-state index is 4.04. The quantitative estimate of drug-likeness (QED) is 0.800. The van der Waals surface area contributed by atoms with Gasteiger partial charge in [-0.3, -0.25) is 0 Å². The molecule has 0 aliphatic heterocycles. The van der Waals surface area contributed by atoms with Crippen LogP contribution in [-0.2, 0) is 12.3 Å². The molecular weight excluding hydrogens is 246 g/mol. The predicted octanol–water partition coefficient (Wildman–Crippen LogP) is 1.49. The largest absolute Gasteiger partial charge is 0.318 e. The molecule has 2 aromatic rings. The van der Waals surface area contributed by atoms with Crippen molar-refractivity contribution < 1.29 is 0 Å². The van der Waals surface area contributed by atoms with Crippen molar-refractivity contribution in [3.05, 3.63) is 35.4 Å². The lowest BCUT2D eigenvalue weighted by Gasteiger charge is -2.04. The van der Waals surface area contributed by atoms with Gasteiger partial charge in [0.15, 0.2) is 0 Å². The molecule has 5 nitrogen and oxygen atoms in total. The second-order valence-corrected chi connectivity index (χ2v) is 5.00. The first-order valence-corrected chi connectivity index (χ1v) is 6.87. The third kappa shape index (κ3) is 3.54. The van der Waals surface area contributed by atoms with Gasteiger partial charge in [0.05, 0.1) is 6.54 Å². The number of hydrogen-bond acceptors (Lipinski definition) is 5. The zero-order valence-corrected chi connectivity index (χ0v) is 11.4. The highest BCUT2D eigenvalue weighted by Gasteiger charge is 2.06. The van der Waals surface area contributed by atoms with Gasteiger partial charge in [-0.25, -0.2) is 4.68 Å². The van der Waals surface area contributed by atoms with E-state index < -0.39 is 0 Å². The number of aryl methyl sites for hydroxylation is 1. The fraction of sp³-hybridized carbons (Fsp3) is 0.417. The molecule has 6 heteroatoms. The maximum Gasteiger partial charge on any atom is 0.209 e. The van der Waals surface area contributed by atoms with Gasteiger partial charge in [-0.05, 0) is 30.0 Å². The Bertz CT molecular complexity index is 479. The lowest BCUT2D eigenvalue weighted by molar-refractivity contribution is 0.530. The first-order chi connectivity index (χ1) is 8.79. The van der Waals surface area contributed by atoms with E-state index in [1.54, 1.807) is 11.8 Å². The Labute approximate surface area is 111 Å². The summed E-state index contributed by atoms with van der Waals surface area (Å²) in [6.45, 7) is 3.75. The van der Waals surface area contributed by atoms with Gasteiger partial charge in [-0.15, -0.1) is 5.10 Å². The summed E-state index contributed by atoms with van der Waals surface area (Å²) in [5, 5.41) is 15.7. The molecular formula is C12H17N5S. The fourth-order valence-corrected chi connectivity index (χ4v) is 2.35. The third-order valence-corrected chi connectivity index (χ3v) is 3.59. The Hall–Kier alpha value is -1.40. The topological polar surface area (TPSA) is 55.6 Å². The van der Waals surface area contributed by atoms with Crippen LogP contribution in [0.25, 0.3) is 0 Å². The van der Waals surface area contributed by atoms with Gasteiger partial charge < -0.3 is 5.32 Å². The van der Waals surface area contributed by atoms with Gasteiger partial charge in [0.1, 0.15) is 0 Å².